The van der Waals surface area contributed by atoms with Crippen LogP contribution in [0.2, 0.25) is 0 Å². The molecule has 1 saturated heterocycles. The fourth-order valence-electron chi connectivity index (χ4n) is 2.48. The number of fused-ring (bicyclic) bond motifs is 1. The van der Waals surface area contributed by atoms with E-state index in [4.69, 9.17) is 9.47 Å². The highest BCUT2D eigenvalue weighted by molar-refractivity contribution is 5.81. The van der Waals surface area contributed by atoms with Crippen molar-refractivity contribution >= 4 is 10.8 Å². The number of nitrogens with one attached hydrogen (secondary N) is 1. The van der Waals surface area contributed by atoms with E-state index in [0.29, 0.717) is 6.61 Å². The van der Waals surface area contributed by atoms with Gasteiger partial charge in [-0.25, -0.2) is 0 Å². The normalized spacial score (nSPS) is 21.4. The number of ether oxygens (including phenoxy) is 2. The minimum atomic E-state index is -0.442. The van der Waals surface area contributed by atoms with Crippen molar-refractivity contribution < 1.29 is 9.47 Å². The van der Waals surface area contributed by atoms with Crippen LogP contribution in [0.15, 0.2) is 36.7 Å². The molecule has 0 bridgehead atoms. The topological polar surface area (TPSA) is 43.4 Å². The average molecular weight is 272 g/mol. The van der Waals surface area contributed by atoms with Crippen LogP contribution in [0.25, 0.3) is 10.8 Å². The molecular weight excluding hydrogens is 252 g/mol. The molecule has 1 fully saturated rings. The molecule has 0 spiro atoms. The summed E-state index contributed by atoms with van der Waals surface area (Å²) in [5.74, 6) is -0.442. The van der Waals surface area contributed by atoms with Gasteiger partial charge >= 0.3 is 0 Å². The van der Waals surface area contributed by atoms with Crippen LogP contribution in [0.4, 0.5) is 0 Å². The molecule has 1 N–H and O–H groups in total. The van der Waals surface area contributed by atoms with Crippen LogP contribution in [0.5, 0.6) is 0 Å². The zero-order chi connectivity index (χ0) is 14.0. The molecule has 1 atom stereocenters. The average Bonchev–Trinajstić information content (AvgIpc) is 2.78. The Kier molecular flexibility index (Phi) is 3.70. The molecule has 3 rings (SSSR count). The molecule has 4 nitrogen and oxygen atoms in total. The maximum absolute atomic E-state index is 5.76. The monoisotopic (exact) mass is 272 g/mol. The van der Waals surface area contributed by atoms with Gasteiger partial charge in [-0.05, 0) is 36.9 Å². The molecule has 1 aliphatic heterocycles. The standard InChI is InChI=1S/C16H20N2O2/c1-16(2)19-11-15(20-16)10-18-8-12-3-4-14-9-17-6-5-13(14)7-12/h3-7,9,15,18H,8,10-11H2,1-2H3. The summed E-state index contributed by atoms with van der Waals surface area (Å²) in [6, 6.07) is 8.47. The molecule has 1 aromatic carbocycles. The van der Waals surface area contributed by atoms with Gasteiger partial charge in [0.25, 0.3) is 0 Å². The Hall–Kier alpha value is -1.49. The third kappa shape index (κ3) is 3.15. The number of aromatic nitrogens is 1. The van der Waals surface area contributed by atoms with Gasteiger partial charge in [0.2, 0.25) is 0 Å². The van der Waals surface area contributed by atoms with Gasteiger partial charge in [0, 0.05) is 30.9 Å². The van der Waals surface area contributed by atoms with Gasteiger partial charge in [0.1, 0.15) is 0 Å². The third-order valence-corrected chi connectivity index (χ3v) is 3.47. The first kappa shape index (κ1) is 13.5. The minimum Gasteiger partial charge on any atom is -0.348 e. The molecule has 0 saturated carbocycles. The summed E-state index contributed by atoms with van der Waals surface area (Å²) >= 11 is 0. The maximum atomic E-state index is 5.76. The predicted molar refractivity (Wildman–Crippen MR) is 78.4 cm³/mol. The fraction of sp³-hybridized carbons (Fsp3) is 0.438. The van der Waals surface area contributed by atoms with Crippen molar-refractivity contribution in [3.63, 3.8) is 0 Å². The summed E-state index contributed by atoms with van der Waals surface area (Å²) < 4.78 is 11.3. The Morgan fingerprint density at radius 2 is 2.20 bits per heavy atom. The summed E-state index contributed by atoms with van der Waals surface area (Å²) in [6.45, 7) is 6.19. The van der Waals surface area contributed by atoms with Crippen LogP contribution < -0.4 is 5.32 Å². The van der Waals surface area contributed by atoms with Gasteiger partial charge in [-0.1, -0.05) is 12.1 Å². The van der Waals surface area contributed by atoms with Crippen LogP contribution in [-0.2, 0) is 16.0 Å². The minimum absolute atomic E-state index is 0.134. The molecule has 1 aromatic heterocycles. The molecule has 4 heteroatoms. The van der Waals surface area contributed by atoms with E-state index >= 15 is 0 Å². The highest BCUT2D eigenvalue weighted by Gasteiger charge is 2.32. The lowest BCUT2D eigenvalue weighted by Gasteiger charge is -2.17. The zero-order valence-corrected chi connectivity index (χ0v) is 11.9. The quantitative estimate of drug-likeness (QED) is 0.928. The van der Waals surface area contributed by atoms with E-state index < -0.39 is 5.79 Å². The smallest absolute Gasteiger partial charge is 0.163 e. The lowest BCUT2D eigenvalue weighted by molar-refractivity contribution is -0.137. The van der Waals surface area contributed by atoms with E-state index in [2.05, 4.69) is 28.5 Å². The number of benzene rings is 1. The van der Waals surface area contributed by atoms with Crippen LogP contribution >= 0.6 is 0 Å². The summed E-state index contributed by atoms with van der Waals surface area (Å²) in [5.41, 5.74) is 1.27. The van der Waals surface area contributed by atoms with E-state index in [-0.39, 0.29) is 6.10 Å². The van der Waals surface area contributed by atoms with Crippen molar-refractivity contribution in [2.75, 3.05) is 13.2 Å². The zero-order valence-electron chi connectivity index (χ0n) is 11.9. The summed E-state index contributed by atoms with van der Waals surface area (Å²) in [4.78, 5) is 4.12. The van der Waals surface area contributed by atoms with E-state index in [1.807, 2.05) is 32.3 Å². The van der Waals surface area contributed by atoms with Gasteiger partial charge in [-0.3, -0.25) is 4.98 Å². The van der Waals surface area contributed by atoms with Crippen molar-refractivity contribution in [1.82, 2.24) is 10.3 Å². The van der Waals surface area contributed by atoms with E-state index in [9.17, 15) is 0 Å². The molecule has 0 aliphatic carbocycles. The molecule has 0 amide bonds. The molecule has 1 aliphatic rings. The van der Waals surface area contributed by atoms with E-state index in [1.165, 1.54) is 16.3 Å². The van der Waals surface area contributed by atoms with Gasteiger partial charge in [0.05, 0.1) is 12.7 Å². The maximum Gasteiger partial charge on any atom is 0.163 e. The number of hydrogen-bond acceptors (Lipinski definition) is 4. The Morgan fingerprint density at radius 3 is 3.00 bits per heavy atom. The van der Waals surface area contributed by atoms with Gasteiger partial charge < -0.3 is 14.8 Å². The van der Waals surface area contributed by atoms with Crippen molar-refractivity contribution in [1.29, 1.82) is 0 Å². The van der Waals surface area contributed by atoms with Crippen molar-refractivity contribution in [3.05, 3.63) is 42.2 Å². The second kappa shape index (κ2) is 5.48. The highest BCUT2D eigenvalue weighted by atomic mass is 16.7. The Bertz CT molecular complexity index is 598. The lowest BCUT2D eigenvalue weighted by Crippen LogP contribution is -2.30. The van der Waals surface area contributed by atoms with Crippen LogP contribution in [-0.4, -0.2) is 30.0 Å². The highest BCUT2D eigenvalue weighted by Crippen LogP contribution is 2.21. The van der Waals surface area contributed by atoms with Crippen LogP contribution in [0.1, 0.15) is 19.4 Å². The number of pyridine rings is 1. The summed E-state index contributed by atoms with van der Waals surface area (Å²) in [5, 5.41) is 5.82. The first-order valence-electron chi connectivity index (χ1n) is 6.97. The largest absolute Gasteiger partial charge is 0.348 e. The third-order valence-electron chi connectivity index (χ3n) is 3.47. The van der Waals surface area contributed by atoms with Gasteiger partial charge in [0.15, 0.2) is 5.79 Å². The van der Waals surface area contributed by atoms with Crippen molar-refractivity contribution in [2.24, 2.45) is 0 Å². The van der Waals surface area contributed by atoms with Gasteiger partial charge in [-0.2, -0.15) is 0 Å². The fourth-order valence-corrected chi connectivity index (χ4v) is 2.48. The molecule has 106 valence electrons. The van der Waals surface area contributed by atoms with Crippen LogP contribution in [0, 0.1) is 0 Å². The second-order valence-electron chi connectivity index (χ2n) is 5.64. The van der Waals surface area contributed by atoms with Crippen molar-refractivity contribution in [2.45, 2.75) is 32.3 Å². The Labute approximate surface area is 119 Å². The Morgan fingerprint density at radius 1 is 1.30 bits per heavy atom. The SMILES string of the molecule is CC1(C)OCC(CNCc2ccc3cnccc3c2)O1. The molecular formula is C16H20N2O2. The first-order valence-corrected chi connectivity index (χ1v) is 6.97. The molecule has 2 aromatic rings. The van der Waals surface area contributed by atoms with Crippen molar-refractivity contribution in [3.8, 4) is 0 Å². The predicted octanol–water partition coefficient (Wildman–Crippen LogP) is 2.48. The molecule has 2 heterocycles. The second-order valence-corrected chi connectivity index (χ2v) is 5.64. The Balaban J connectivity index is 1.55. The first-order chi connectivity index (χ1) is 9.62. The van der Waals surface area contributed by atoms with Crippen LogP contribution in [0.3, 0.4) is 0 Å². The molecule has 1 unspecified atom stereocenters. The summed E-state index contributed by atoms with van der Waals surface area (Å²) in [6.07, 6.45) is 3.85. The molecule has 0 radical (unpaired) electrons. The number of nitrogens with zero attached hydrogens (tertiary/aromatic N) is 1. The van der Waals surface area contributed by atoms with Gasteiger partial charge in [-0.15, -0.1) is 0 Å². The van der Waals surface area contributed by atoms with E-state index in [0.717, 1.165) is 13.1 Å². The molecule has 20 heavy (non-hydrogen) atoms. The lowest BCUT2D eigenvalue weighted by atomic mass is 10.1. The van der Waals surface area contributed by atoms with E-state index in [1.54, 1.807) is 0 Å². The number of hydrogen-bond donors (Lipinski definition) is 1. The number of rotatable bonds is 4. The summed E-state index contributed by atoms with van der Waals surface area (Å²) in [7, 11) is 0.